The summed E-state index contributed by atoms with van der Waals surface area (Å²) >= 11 is 0. The van der Waals surface area contributed by atoms with Gasteiger partial charge < -0.3 is 5.73 Å². The van der Waals surface area contributed by atoms with Gasteiger partial charge in [-0.3, -0.25) is 4.79 Å². The first-order valence-electron chi connectivity index (χ1n) is 5.80. The molecule has 2 rings (SSSR count). The molecule has 1 fully saturated rings. The lowest BCUT2D eigenvalue weighted by Crippen LogP contribution is -2.31. The van der Waals surface area contributed by atoms with Crippen molar-refractivity contribution in [3.63, 3.8) is 0 Å². The standard InChI is InChI=1S/C13H15F2NO/c14-10-5-4-8(6-11(10)15)7-13(17)9-2-1-3-12(9)16/h4-6,9,12H,1-3,7,16H2. The van der Waals surface area contributed by atoms with Crippen molar-refractivity contribution in [3.05, 3.63) is 35.4 Å². The van der Waals surface area contributed by atoms with E-state index in [1.165, 1.54) is 6.07 Å². The van der Waals surface area contributed by atoms with Gasteiger partial charge >= 0.3 is 0 Å². The predicted molar refractivity (Wildman–Crippen MR) is 60.4 cm³/mol. The fraction of sp³-hybridized carbons (Fsp3) is 0.462. The Balaban J connectivity index is 2.05. The van der Waals surface area contributed by atoms with Crippen LogP contribution in [-0.2, 0) is 11.2 Å². The molecule has 2 atom stereocenters. The molecule has 2 N–H and O–H groups in total. The lowest BCUT2D eigenvalue weighted by Gasteiger charge is -2.13. The Morgan fingerprint density at radius 3 is 2.65 bits per heavy atom. The number of carbonyl (C=O) groups is 1. The van der Waals surface area contributed by atoms with Crippen molar-refractivity contribution in [1.82, 2.24) is 0 Å². The molecule has 0 saturated heterocycles. The van der Waals surface area contributed by atoms with Crippen molar-refractivity contribution < 1.29 is 13.6 Å². The first kappa shape index (κ1) is 12.2. The molecule has 0 spiro atoms. The SMILES string of the molecule is NC1CCCC1C(=O)Cc1ccc(F)c(F)c1. The normalized spacial score (nSPS) is 23.9. The highest BCUT2D eigenvalue weighted by Gasteiger charge is 2.29. The summed E-state index contributed by atoms with van der Waals surface area (Å²) in [6.45, 7) is 0. The summed E-state index contributed by atoms with van der Waals surface area (Å²) in [7, 11) is 0. The van der Waals surface area contributed by atoms with Gasteiger partial charge in [-0.1, -0.05) is 12.5 Å². The van der Waals surface area contributed by atoms with Gasteiger partial charge in [-0.05, 0) is 30.5 Å². The number of nitrogens with two attached hydrogens (primary N) is 1. The van der Waals surface area contributed by atoms with Gasteiger partial charge in [0.1, 0.15) is 5.78 Å². The van der Waals surface area contributed by atoms with Gasteiger partial charge in [-0.2, -0.15) is 0 Å². The van der Waals surface area contributed by atoms with E-state index in [0.29, 0.717) is 5.56 Å². The first-order chi connectivity index (χ1) is 8.08. The third kappa shape index (κ3) is 2.69. The summed E-state index contributed by atoms with van der Waals surface area (Å²) in [5, 5.41) is 0. The average Bonchev–Trinajstić information content (AvgIpc) is 2.70. The number of ketones is 1. The number of hydrogen-bond donors (Lipinski definition) is 1. The number of hydrogen-bond acceptors (Lipinski definition) is 2. The number of halogens is 2. The van der Waals surface area contributed by atoms with Crippen LogP contribution < -0.4 is 5.73 Å². The number of rotatable bonds is 3. The van der Waals surface area contributed by atoms with Crippen LogP contribution in [0.3, 0.4) is 0 Å². The molecule has 2 unspecified atom stereocenters. The van der Waals surface area contributed by atoms with Crippen LogP contribution in [0.1, 0.15) is 24.8 Å². The van der Waals surface area contributed by atoms with Crippen molar-refractivity contribution >= 4 is 5.78 Å². The smallest absolute Gasteiger partial charge is 0.159 e. The molecule has 0 aromatic heterocycles. The maximum Gasteiger partial charge on any atom is 0.159 e. The second-order valence-electron chi connectivity index (χ2n) is 4.59. The Bertz CT molecular complexity index is 433. The van der Waals surface area contributed by atoms with Crippen LogP contribution >= 0.6 is 0 Å². The molecule has 92 valence electrons. The maximum absolute atomic E-state index is 13.0. The van der Waals surface area contributed by atoms with Crippen molar-refractivity contribution in [2.24, 2.45) is 11.7 Å². The Hall–Kier alpha value is -1.29. The summed E-state index contributed by atoms with van der Waals surface area (Å²) in [6, 6.07) is 3.49. The van der Waals surface area contributed by atoms with E-state index in [-0.39, 0.29) is 24.2 Å². The summed E-state index contributed by atoms with van der Waals surface area (Å²) in [6.07, 6.45) is 2.78. The van der Waals surface area contributed by atoms with Gasteiger partial charge in [0, 0.05) is 18.4 Å². The quantitative estimate of drug-likeness (QED) is 0.878. The molecule has 0 radical (unpaired) electrons. The molecule has 1 aromatic carbocycles. The monoisotopic (exact) mass is 239 g/mol. The first-order valence-corrected chi connectivity index (χ1v) is 5.80. The maximum atomic E-state index is 13.0. The largest absolute Gasteiger partial charge is 0.327 e. The lowest BCUT2D eigenvalue weighted by atomic mass is 9.94. The predicted octanol–water partition coefficient (Wildman–Crippen LogP) is 2.20. The fourth-order valence-corrected chi connectivity index (χ4v) is 2.37. The Morgan fingerprint density at radius 2 is 2.06 bits per heavy atom. The third-order valence-corrected chi connectivity index (χ3v) is 3.35. The zero-order valence-electron chi connectivity index (χ0n) is 9.46. The Kier molecular flexibility index (Phi) is 3.52. The van der Waals surface area contributed by atoms with Gasteiger partial charge in [0.05, 0.1) is 0 Å². The van der Waals surface area contributed by atoms with Crippen LogP contribution in [0.4, 0.5) is 8.78 Å². The highest BCUT2D eigenvalue weighted by molar-refractivity contribution is 5.84. The van der Waals surface area contributed by atoms with Crippen molar-refractivity contribution in [1.29, 1.82) is 0 Å². The molecule has 17 heavy (non-hydrogen) atoms. The lowest BCUT2D eigenvalue weighted by molar-refractivity contribution is -0.122. The van der Waals surface area contributed by atoms with Gasteiger partial charge in [0.25, 0.3) is 0 Å². The second kappa shape index (κ2) is 4.92. The van der Waals surface area contributed by atoms with Crippen LogP contribution in [0.5, 0.6) is 0 Å². The van der Waals surface area contributed by atoms with Crippen LogP contribution in [0.2, 0.25) is 0 Å². The highest BCUT2D eigenvalue weighted by atomic mass is 19.2. The molecule has 0 amide bonds. The van der Waals surface area contributed by atoms with Crippen molar-refractivity contribution in [2.75, 3.05) is 0 Å². The van der Waals surface area contributed by atoms with E-state index in [9.17, 15) is 13.6 Å². The molecule has 1 aliphatic carbocycles. The van der Waals surface area contributed by atoms with Crippen molar-refractivity contribution in [3.8, 4) is 0 Å². The van der Waals surface area contributed by atoms with Gasteiger partial charge in [-0.25, -0.2) is 8.78 Å². The van der Waals surface area contributed by atoms with E-state index in [1.54, 1.807) is 0 Å². The van der Waals surface area contributed by atoms with Crippen LogP contribution in [0, 0.1) is 17.6 Å². The minimum atomic E-state index is -0.911. The molecular weight excluding hydrogens is 224 g/mol. The van der Waals surface area contributed by atoms with E-state index in [1.807, 2.05) is 0 Å². The van der Waals surface area contributed by atoms with Crippen LogP contribution in [0.15, 0.2) is 18.2 Å². The van der Waals surface area contributed by atoms with Gasteiger partial charge in [0.15, 0.2) is 11.6 Å². The molecule has 4 heteroatoms. The Morgan fingerprint density at radius 1 is 1.29 bits per heavy atom. The van der Waals surface area contributed by atoms with Crippen LogP contribution in [-0.4, -0.2) is 11.8 Å². The number of carbonyl (C=O) groups excluding carboxylic acids is 1. The zero-order chi connectivity index (χ0) is 12.4. The molecule has 2 nitrogen and oxygen atoms in total. The third-order valence-electron chi connectivity index (χ3n) is 3.35. The van der Waals surface area contributed by atoms with E-state index in [4.69, 9.17) is 5.73 Å². The summed E-state index contributed by atoms with van der Waals surface area (Å²) in [5.41, 5.74) is 6.34. The molecule has 0 aliphatic heterocycles. The molecule has 0 bridgehead atoms. The van der Waals surface area contributed by atoms with E-state index in [0.717, 1.165) is 31.4 Å². The van der Waals surface area contributed by atoms with Gasteiger partial charge in [0.2, 0.25) is 0 Å². The van der Waals surface area contributed by atoms with Crippen molar-refractivity contribution in [2.45, 2.75) is 31.7 Å². The van der Waals surface area contributed by atoms with E-state index in [2.05, 4.69) is 0 Å². The molecule has 1 aromatic rings. The zero-order valence-corrected chi connectivity index (χ0v) is 9.46. The minimum Gasteiger partial charge on any atom is -0.327 e. The minimum absolute atomic E-state index is 0.0287. The molecule has 1 aliphatic rings. The molecule has 1 saturated carbocycles. The summed E-state index contributed by atoms with van der Waals surface area (Å²) in [5.74, 6) is -1.89. The fourth-order valence-electron chi connectivity index (χ4n) is 2.37. The van der Waals surface area contributed by atoms with Gasteiger partial charge in [-0.15, -0.1) is 0 Å². The molecule has 0 heterocycles. The van der Waals surface area contributed by atoms with E-state index >= 15 is 0 Å². The Labute approximate surface area is 98.8 Å². The highest BCUT2D eigenvalue weighted by Crippen LogP contribution is 2.26. The molecular formula is C13H15F2NO. The van der Waals surface area contributed by atoms with E-state index < -0.39 is 11.6 Å². The summed E-state index contributed by atoms with van der Waals surface area (Å²) in [4.78, 5) is 11.9. The topological polar surface area (TPSA) is 43.1 Å². The summed E-state index contributed by atoms with van der Waals surface area (Å²) < 4.78 is 25.7. The number of benzene rings is 1. The van der Waals surface area contributed by atoms with Crippen LogP contribution in [0.25, 0.3) is 0 Å². The number of Topliss-reactive ketones (excluding diaryl/α,β-unsaturated/α-hetero) is 1. The average molecular weight is 239 g/mol. The second-order valence-corrected chi connectivity index (χ2v) is 4.59.